The first-order valence-corrected chi connectivity index (χ1v) is 4.45. The van der Waals surface area contributed by atoms with Gasteiger partial charge in [0, 0.05) is 11.5 Å². The molecular weight excluding hydrogens is 194 g/mol. The fourth-order valence-corrected chi connectivity index (χ4v) is 1.67. The highest BCUT2D eigenvalue weighted by molar-refractivity contribution is 6.08. The number of fused-ring (bicyclic) bond motifs is 3. The summed E-state index contributed by atoms with van der Waals surface area (Å²) in [6.07, 6.45) is 1.44. The lowest BCUT2D eigenvalue weighted by atomic mass is 10.1. The van der Waals surface area contributed by atoms with Gasteiger partial charge in [0.1, 0.15) is 11.8 Å². The van der Waals surface area contributed by atoms with E-state index in [2.05, 4.69) is 0 Å². The molecule has 0 saturated heterocycles. The molecule has 2 aromatic heterocycles. The lowest BCUT2D eigenvalue weighted by Crippen LogP contribution is -1.94. The molecule has 0 spiro atoms. The SMILES string of the molecule is Nc1coc2ccc3ccc(=O)oc3c12. The highest BCUT2D eigenvalue weighted by Crippen LogP contribution is 2.30. The van der Waals surface area contributed by atoms with Crippen LogP contribution in [-0.2, 0) is 0 Å². The fourth-order valence-electron chi connectivity index (χ4n) is 1.67. The van der Waals surface area contributed by atoms with Crippen LogP contribution < -0.4 is 11.4 Å². The third-order valence-electron chi connectivity index (χ3n) is 2.35. The van der Waals surface area contributed by atoms with Crippen molar-refractivity contribution in [3.8, 4) is 0 Å². The number of hydrogen-bond donors (Lipinski definition) is 1. The van der Waals surface area contributed by atoms with Gasteiger partial charge in [-0.25, -0.2) is 4.79 Å². The molecule has 74 valence electrons. The summed E-state index contributed by atoms with van der Waals surface area (Å²) in [4.78, 5) is 11.1. The van der Waals surface area contributed by atoms with Crippen molar-refractivity contribution < 1.29 is 8.83 Å². The first-order chi connectivity index (χ1) is 7.25. The quantitative estimate of drug-likeness (QED) is 0.565. The number of nitrogens with two attached hydrogens (primary N) is 1. The monoisotopic (exact) mass is 201 g/mol. The fraction of sp³-hybridized carbons (Fsp3) is 0. The predicted octanol–water partition coefficient (Wildman–Crippen LogP) is 2.12. The Balaban J connectivity index is 2.67. The normalized spacial score (nSPS) is 11.2. The third-order valence-corrected chi connectivity index (χ3v) is 2.35. The zero-order chi connectivity index (χ0) is 10.4. The lowest BCUT2D eigenvalue weighted by Gasteiger charge is -1.96. The molecule has 0 aliphatic heterocycles. The lowest BCUT2D eigenvalue weighted by molar-refractivity contribution is 0.563. The molecule has 0 aliphatic rings. The highest BCUT2D eigenvalue weighted by atomic mass is 16.4. The second-order valence-electron chi connectivity index (χ2n) is 3.30. The minimum absolute atomic E-state index is 0.393. The molecule has 0 amide bonds. The van der Waals surface area contributed by atoms with Gasteiger partial charge in [0.15, 0.2) is 5.58 Å². The van der Waals surface area contributed by atoms with E-state index in [1.54, 1.807) is 12.1 Å². The zero-order valence-electron chi connectivity index (χ0n) is 7.69. The number of anilines is 1. The Labute approximate surface area is 83.9 Å². The molecule has 0 saturated carbocycles. The van der Waals surface area contributed by atoms with Crippen molar-refractivity contribution in [2.75, 3.05) is 5.73 Å². The Kier molecular flexibility index (Phi) is 1.42. The van der Waals surface area contributed by atoms with Gasteiger partial charge in [-0.15, -0.1) is 0 Å². The first-order valence-electron chi connectivity index (χ1n) is 4.45. The van der Waals surface area contributed by atoms with Crippen LogP contribution in [-0.4, -0.2) is 0 Å². The molecule has 1 aromatic carbocycles. The van der Waals surface area contributed by atoms with Crippen LogP contribution in [0.4, 0.5) is 5.69 Å². The Morgan fingerprint density at radius 2 is 1.93 bits per heavy atom. The topological polar surface area (TPSA) is 69.4 Å². The first kappa shape index (κ1) is 8.11. The van der Waals surface area contributed by atoms with E-state index in [9.17, 15) is 4.79 Å². The van der Waals surface area contributed by atoms with Gasteiger partial charge >= 0.3 is 5.63 Å². The molecule has 2 heterocycles. The van der Waals surface area contributed by atoms with Crippen LogP contribution in [0.3, 0.4) is 0 Å². The Morgan fingerprint density at radius 3 is 2.80 bits per heavy atom. The van der Waals surface area contributed by atoms with Crippen molar-refractivity contribution in [1.29, 1.82) is 0 Å². The molecule has 15 heavy (non-hydrogen) atoms. The van der Waals surface area contributed by atoms with Crippen LogP contribution in [0.2, 0.25) is 0 Å². The Bertz CT molecular complexity index is 708. The van der Waals surface area contributed by atoms with Crippen LogP contribution in [0.1, 0.15) is 0 Å². The van der Waals surface area contributed by atoms with Crippen molar-refractivity contribution in [3.63, 3.8) is 0 Å². The summed E-state index contributed by atoms with van der Waals surface area (Å²) in [6.45, 7) is 0. The van der Waals surface area contributed by atoms with Crippen LogP contribution in [0, 0.1) is 0 Å². The minimum atomic E-state index is -0.393. The summed E-state index contributed by atoms with van der Waals surface area (Å²) in [5, 5.41) is 1.49. The van der Waals surface area contributed by atoms with E-state index in [1.165, 1.54) is 12.3 Å². The summed E-state index contributed by atoms with van der Waals surface area (Å²) < 4.78 is 10.3. The van der Waals surface area contributed by atoms with Crippen LogP contribution in [0.25, 0.3) is 21.9 Å². The number of benzene rings is 1. The van der Waals surface area contributed by atoms with Crippen molar-refractivity contribution in [2.24, 2.45) is 0 Å². The summed E-state index contributed by atoms with van der Waals surface area (Å²) in [5.74, 6) is 0. The molecule has 0 radical (unpaired) electrons. The molecule has 0 atom stereocenters. The third kappa shape index (κ3) is 1.05. The summed E-state index contributed by atoms with van der Waals surface area (Å²) in [7, 11) is 0. The van der Waals surface area contributed by atoms with Gasteiger partial charge in [0.25, 0.3) is 0 Å². The number of furan rings is 1. The second-order valence-corrected chi connectivity index (χ2v) is 3.30. The van der Waals surface area contributed by atoms with E-state index >= 15 is 0 Å². The predicted molar refractivity (Wildman–Crippen MR) is 56.7 cm³/mol. The van der Waals surface area contributed by atoms with Crippen LogP contribution in [0.5, 0.6) is 0 Å². The summed E-state index contributed by atoms with van der Waals surface area (Å²) in [5.41, 5.74) is 6.92. The van der Waals surface area contributed by atoms with E-state index < -0.39 is 5.63 Å². The van der Waals surface area contributed by atoms with Crippen molar-refractivity contribution in [3.05, 3.63) is 40.9 Å². The summed E-state index contributed by atoms with van der Waals surface area (Å²) in [6, 6.07) is 6.70. The van der Waals surface area contributed by atoms with Gasteiger partial charge in [-0.2, -0.15) is 0 Å². The molecule has 4 heteroatoms. The molecule has 0 bridgehead atoms. The molecule has 0 aliphatic carbocycles. The maximum absolute atomic E-state index is 11.1. The molecule has 3 rings (SSSR count). The minimum Gasteiger partial charge on any atom is -0.462 e. The van der Waals surface area contributed by atoms with Gasteiger partial charge in [-0.3, -0.25) is 0 Å². The van der Waals surface area contributed by atoms with E-state index in [1.807, 2.05) is 6.07 Å². The average Bonchev–Trinajstić information content (AvgIpc) is 2.60. The second kappa shape index (κ2) is 2.63. The van der Waals surface area contributed by atoms with Crippen LogP contribution >= 0.6 is 0 Å². The molecule has 0 fully saturated rings. The Hall–Kier alpha value is -2.23. The van der Waals surface area contributed by atoms with Crippen molar-refractivity contribution in [2.45, 2.75) is 0 Å². The van der Waals surface area contributed by atoms with Crippen molar-refractivity contribution in [1.82, 2.24) is 0 Å². The van der Waals surface area contributed by atoms with Gasteiger partial charge in [-0.05, 0) is 18.2 Å². The zero-order valence-corrected chi connectivity index (χ0v) is 7.69. The van der Waals surface area contributed by atoms with E-state index in [0.29, 0.717) is 22.2 Å². The smallest absolute Gasteiger partial charge is 0.336 e. The van der Waals surface area contributed by atoms with Gasteiger partial charge in [-0.1, -0.05) is 0 Å². The number of hydrogen-bond acceptors (Lipinski definition) is 4. The highest BCUT2D eigenvalue weighted by Gasteiger charge is 2.09. The van der Waals surface area contributed by atoms with Gasteiger partial charge in [0.05, 0.1) is 11.1 Å². The maximum Gasteiger partial charge on any atom is 0.336 e. The van der Waals surface area contributed by atoms with E-state index in [0.717, 1.165) is 5.39 Å². The standard InChI is InChI=1S/C11H7NO3/c12-7-5-14-8-3-1-6-2-4-9(13)15-11(6)10(7)8/h1-5H,12H2. The molecule has 2 N–H and O–H groups in total. The number of nitrogen functional groups attached to an aromatic ring is 1. The van der Waals surface area contributed by atoms with E-state index in [-0.39, 0.29) is 0 Å². The van der Waals surface area contributed by atoms with Gasteiger partial charge in [0.2, 0.25) is 0 Å². The largest absolute Gasteiger partial charge is 0.462 e. The van der Waals surface area contributed by atoms with E-state index in [4.69, 9.17) is 14.6 Å². The number of rotatable bonds is 0. The van der Waals surface area contributed by atoms with Gasteiger partial charge < -0.3 is 14.6 Å². The summed E-state index contributed by atoms with van der Waals surface area (Å²) >= 11 is 0. The molecular formula is C11H7NO3. The average molecular weight is 201 g/mol. The van der Waals surface area contributed by atoms with Crippen LogP contribution in [0.15, 0.2) is 44.2 Å². The molecule has 4 nitrogen and oxygen atoms in total. The Morgan fingerprint density at radius 1 is 1.13 bits per heavy atom. The van der Waals surface area contributed by atoms with Crippen molar-refractivity contribution >= 4 is 27.6 Å². The maximum atomic E-state index is 11.1. The molecule has 0 unspecified atom stereocenters. The molecule has 3 aromatic rings.